The van der Waals surface area contributed by atoms with Crippen LogP contribution in [0.15, 0.2) is 54.7 Å². The molecule has 1 fully saturated rings. The van der Waals surface area contributed by atoms with Crippen molar-refractivity contribution in [3.05, 3.63) is 65.9 Å². The summed E-state index contributed by atoms with van der Waals surface area (Å²) >= 11 is 0. The number of hydrogen-bond acceptors (Lipinski definition) is 4. The SMILES string of the molecule is O=C(O)[C@@H]1CCCN([C@H](C(=O)O)c2c[nH]c3ccc(OCc4ccccc4)cc23)C1. The third-order valence-electron chi connectivity index (χ3n) is 5.63. The molecule has 1 saturated heterocycles. The van der Waals surface area contributed by atoms with Crippen LogP contribution >= 0.6 is 0 Å². The molecule has 1 aliphatic heterocycles. The Labute approximate surface area is 173 Å². The number of hydrogen-bond donors (Lipinski definition) is 3. The molecular weight excluding hydrogens is 384 g/mol. The van der Waals surface area contributed by atoms with Crippen molar-refractivity contribution in [3.8, 4) is 5.75 Å². The number of fused-ring (bicyclic) bond motifs is 1. The largest absolute Gasteiger partial charge is 0.489 e. The maximum atomic E-state index is 12.2. The lowest BCUT2D eigenvalue weighted by Crippen LogP contribution is -2.43. The van der Waals surface area contributed by atoms with Crippen LogP contribution in [0.25, 0.3) is 10.9 Å². The highest BCUT2D eigenvalue weighted by Crippen LogP contribution is 2.33. The number of aliphatic carboxylic acids is 2. The van der Waals surface area contributed by atoms with Gasteiger partial charge in [0.1, 0.15) is 18.4 Å². The zero-order valence-corrected chi connectivity index (χ0v) is 16.5. The van der Waals surface area contributed by atoms with Crippen molar-refractivity contribution < 1.29 is 24.5 Å². The fourth-order valence-corrected chi connectivity index (χ4v) is 4.11. The summed E-state index contributed by atoms with van der Waals surface area (Å²) in [6.07, 6.45) is 2.94. The van der Waals surface area contributed by atoms with Crippen molar-refractivity contribution in [1.29, 1.82) is 0 Å². The molecule has 2 atom stereocenters. The van der Waals surface area contributed by atoms with E-state index in [4.69, 9.17) is 4.74 Å². The van der Waals surface area contributed by atoms with E-state index in [9.17, 15) is 19.8 Å². The average molecular weight is 408 g/mol. The van der Waals surface area contributed by atoms with Crippen LogP contribution in [0.3, 0.4) is 0 Å². The summed E-state index contributed by atoms with van der Waals surface area (Å²) in [7, 11) is 0. The molecule has 2 aromatic carbocycles. The summed E-state index contributed by atoms with van der Waals surface area (Å²) in [5, 5.41) is 20.1. The minimum atomic E-state index is -0.988. The first-order valence-electron chi connectivity index (χ1n) is 10.0. The smallest absolute Gasteiger partial charge is 0.325 e. The van der Waals surface area contributed by atoms with Crippen molar-refractivity contribution in [2.24, 2.45) is 5.92 Å². The van der Waals surface area contributed by atoms with Crippen LogP contribution in [0.4, 0.5) is 0 Å². The fourth-order valence-electron chi connectivity index (χ4n) is 4.11. The van der Waals surface area contributed by atoms with Crippen LogP contribution < -0.4 is 4.74 Å². The number of carboxylic acids is 2. The van der Waals surface area contributed by atoms with Gasteiger partial charge in [-0.15, -0.1) is 0 Å². The Morgan fingerprint density at radius 3 is 2.70 bits per heavy atom. The van der Waals surface area contributed by atoms with E-state index in [0.717, 1.165) is 16.5 Å². The van der Waals surface area contributed by atoms with Gasteiger partial charge in [0.2, 0.25) is 0 Å². The molecule has 2 heterocycles. The van der Waals surface area contributed by atoms with Gasteiger partial charge < -0.3 is 19.9 Å². The number of aromatic amines is 1. The lowest BCUT2D eigenvalue weighted by Gasteiger charge is -2.34. The molecule has 0 amide bonds. The highest BCUT2D eigenvalue weighted by atomic mass is 16.5. The quantitative estimate of drug-likeness (QED) is 0.551. The predicted molar refractivity (Wildman–Crippen MR) is 111 cm³/mol. The molecule has 0 spiro atoms. The van der Waals surface area contributed by atoms with Gasteiger partial charge in [-0.3, -0.25) is 14.5 Å². The summed E-state index contributed by atoms with van der Waals surface area (Å²) in [6.45, 7) is 1.20. The van der Waals surface area contributed by atoms with Gasteiger partial charge in [0, 0.05) is 29.2 Å². The molecular formula is C23H24N2O5. The molecule has 30 heavy (non-hydrogen) atoms. The number of rotatable bonds is 7. The number of aromatic nitrogens is 1. The van der Waals surface area contributed by atoms with Crippen LogP contribution in [-0.2, 0) is 16.2 Å². The van der Waals surface area contributed by atoms with Gasteiger partial charge in [-0.05, 0) is 43.1 Å². The van der Waals surface area contributed by atoms with Gasteiger partial charge in [0.05, 0.1) is 5.92 Å². The van der Waals surface area contributed by atoms with E-state index in [0.29, 0.717) is 37.3 Å². The first-order valence-corrected chi connectivity index (χ1v) is 10.0. The Balaban J connectivity index is 1.61. The normalized spacial score (nSPS) is 18.2. The number of benzene rings is 2. The lowest BCUT2D eigenvalue weighted by atomic mass is 9.94. The molecule has 0 unspecified atom stereocenters. The van der Waals surface area contributed by atoms with E-state index in [2.05, 4.69) is 4.98 Å². The topological polar surface area (TPSA) is 103 Å². The Morgan fingerprint density at radius 2 is 1.97 bits per heavy atom. The van der Waals surface area contributed by atoms with Crippen LogP contribution in [0.5, 0.6) is 5.75 Å². The summed E-state index contributed by atoms with van der Waals surface area (Å²) in [5.41, 5.74) is 2.48. The van der Waals surface area contributed by atoms with Gasteiger partial charge in [-0.2, -0.15) is 0 Å². The van der Waals surface area contributed by atoms with Gasteiger partial charge in [0.15, 0.2) is 0 Å². The lowest BCUT2D eigenvalue weighted by molar-refractivity contribution is -0.149. The molecule has 0 aliphatic carbocycles. The van der Waals surface area contributed by atoms with E-state index >= 15 is 0 Å². The summed E-state index contributed by atoms with van der Waals surface area (Å²) in [5.74, 6) is -1.76. The molecule has 0 saturated carbocycles. The highest BCUT2D eigenvalue weighted by Gasteiger charge is 2.35. The van der Waals surface area contributed by atoms with Crippen molar-refractivity contribution in [3.63, 3.8) is 0 Å². The molecule has 3 N–H and O–H groups in total. The van der Waals surface area contributed by atoms with Crippen molar-refractivity contribution in [2.75, 3.05) is 13.1 Å². The molecule has 156 valence electrons. The van der Waals surface area contributed by atoms with Crippen LogP contribution in [0.2, 0.25) is 0 Å². The second-order valence-corrected chi connectivity index (χ2v) is 7.64. The molecule has 1 aliphatic rings. The van der Waals surface area contributed by atoms with Crippen molar-refractivity contribution in [1.82, 2.24) is 9.88 Å². The number of carboxylic acid groups (broad SMARTS) is 2. The van der Waals surface area contributed by atoms with Crippen molar-refractivity contribution in [2.45, 2.75) is 25.5 Å². The van der Waals surface area contributed by atoms with Gasteiger partial charge in [0.25, 0.3) is 0 Å². The number of nitrogens with zero attached hydrogens (tertiary/aromatic N) is 1. The second kappa shape index (κ2) is 8.59. The van der Waals surface area contributed by atoms with Gasteiger partial charge in [-0.1, -0.05) is 30.3 Å². The minimum absolute atomic E-state index is 0.225. The van der Waals surface area contributed by atoms with E-state index in [1.165, 1.54) is 0 Å². The zero-order valence-electron chi connectivity index (χ0n) is 16.5. The Bertz CT molecular complexity index is 1050. The number of likely N-dealkylation sites (tertiary alicyclic amines) is 1. The first-order chi connectivity index (χ1) is 14.5. The van der Waals surface area contributed by atoms with Gasteiger partial charge in [-0.25, -0.2) is 0 Å². The molecule has 4 rings (SSSR count). The molecule has 3 aromatic rings. The number of ether oxygens (including phenoxy) is 1. The second-order valence-electron chi connectivity index (χ2n) is 7.64. The average Bonchev–Trinajstić information content (AvgIpc) is 3.16. The summed E-state index contributed by atoms with van der Waals surface area (Å²) < 4.78 is 5.91. The van der Waals surface area contributed by atoms with E-state index in [1.807, 2.05) is 48.5 Å². The summed E-state index contributed by atoms with van der Waals surface area (Å²) in [6, 6.07) is 14.5. The van der Waals surface area contributed by atoms with E-state index < -0.39 is 23.9 Å². The molecule has 0 bridgehead atoms. The molecule has 7 heteroatoms. The molecule has 0 radical (unpaired) electrons. The van der Waals surface area contributed by atoms with Crippen LogP contribution in [0, 0.1) is 5.92 Å². The Hall–Kier alpha value is -3.32. The van der Waals surface area contributed by atoms with Crippen molar-refractivity contribution >= 4 is 22.8 Å². The maximum Gasteiger partial charge on any atom is 0.325 e. The third kappa shape index (κ3) is 4.16. The molecule has 1 aromatic heterocycles. The fraction of sp³-hybridized carbons (Fsp3) is 0.304. The standard InChI is InChI=1S/C23H24N2O5/c26-22(27)16-7-4-10-25(13-16)21(23(28)29)19-12-24-20-9-8-17(11-18(19)20)30-14-15-5-2-1-3-6-15/h1-3,5-6,8-9,11-12,16,21,24H,4,7,10,13-14H2,(H,26,27)(H,28,29)/t16-,21+/m1/s1. The predicted octanol–water partition coefficient (Wildman–Crippen LogP) is 3.67. The van der Waals surface area contributed by atoms with Crippen LogP contribution in [0.1, 0.15) is 30.0 Å². The highest BCUT2D eigenvalue weighted by molar-refractivity contribution is 5.90. The van der Waals surface area contributed by atoms with Gasteiger partial charge >= 0.3 is 11.9 Å². The number of H-pyrrole nitrogens is 1. The summed E-state index contributed by atoms with van der Waals surface area (Å²) in [4.78, 5) is 28.5. The molecule has 7 nitrogen and oxygen atoms in total. The van der Waals surface area contributed by atoms with Crippen LogP contribution in [-0.4, -0.2) is 45.1 Å². The number of nitrogens with one attached hydrogen (secondary N) is 1. The maximum absolute atomic E-state index is 12.2. The minimum Gasteiger partial charge on any atom is -0.489 e. The number of piperidine rings is 1. The van der Waals surface area contributed by atoms with E-state index in [-0.39, 0.29) is 6.54 Å². The Kier molecular flexibility index (Phi) is 5.72. The zero-order chi connectivity index (χ0) is 21.1. The first kappa shape index (κ1) is 20.0. The third-order valence-corrected chi connectivity index (χ3v) is 5.63. The monoisotopic (exact) mass is 408 g/mol. The number of carbonyl (C=O) groups is 2. The Morgan fingerprint density at radius 1 is 1.17 bits per heavy atom. The van der Waals surface area contributed by atoms with E-state index in [1.54, 1.807) is 11.1 Å².